The molecule has 2 N–H and O–H groups in total. The summed E-state index contributed by atoms with van der Waals surface area (Å²) >= 11 is 5.80. The zero-order valence-electron chi connectivity index (χ0n) is 7.56. The Morgan fingerprint density at radius 3 is 2.93 bits per heavy atom. The maximum absolute atomic E-state index is 13.1. The predicted octanol–water partition coefficient (Wildman–Crippen LogP) is 2.61. The summed E-state index contributed by atoms with van der Waals surface area (Å²) in [6, 6.07) is 2.50. The van der Waals surface area contributed by atoms with Gasteiger partial charge in [-0.2, -0.15) is 0 Å². The molecule has 0 aliphatic carbocycles. The van der Waals surface area contributed by atoms with Crippen molar-refractivity contribution in [1.29, 1.82) is 0 Å². The monoisotopic (exact) mass is 215 g/mol. The summed E-state index contributed by atoms with van der Waals surface area (Å²) in [5.41, 5.74) is 0.490. The number of nitrogens with one attached hydrogen (secondary N) is 1. The Labute approximate surface area is 86.7 Å². The SMILES string of the molecule is Oc1ccc(F)c(Cl)c1[C@H]1CCCN1. The van der Waals surface area contributed by atoms with E-state index in [9.17, 15) is 9.50 Å². The fourth-order valence-corrected chi connectivity index (χ4v) is 2.11. The molecule has 1 aliphatic heterocycles. The zero-order chi connectivity index (χ0) is 10.1. The standard InChI is InChI=1S/C10H11ClFNO/c11-10-6(12)3-4-8(14)9(10)7-2-1-5-13-7/h3-4,7,13-14H,1-2,5H2/t7-/m1/s1. The Morgan fingerprint density at radius 2 is 2.29 bits per heavy atom. The molecule has 1 atom stereocenters. The van der Waals surface area contributed by atoms with Gasteiger partial charge in [-0.1, -0.05) is 11.6 Å². The van der Waals surface area contributed by atoms with E-state index in [2.05, 4.69) is 5.32 Å². The topological polar surface area (TPSA) is 32.3 Å². The molecule has 0 bridgehead atoms. The molecule has 76 valence electrons. The molecular formula is C10H11ClFNO. The summed E-state index contributed by atoms with van der Waals surface area (Å²) in [5.74, 6) is -0.413. The van der Waals surface area contributed by atoms with E-state index >= 15 is 0 Å². The van der Waals surface area contributed by atoms with E-state index in [0.717, 1.165) is 19.4 Å². The second-order valence-electron chi connectivity index (χ2n) is 3.44. The first kappa shape index (κ1) is 9.74. The number of phenolic OH excluding ortho intramolecular Hbond substituents is 1. The van der Waals surface area contributed by atoms with Gasteiger partial charge in [-0.25, -0.2) is 4.39 Å². The maximum Gasteiger partial charge on any atom is 0.142 e. The molecular weight excluding hydrogens is 205 g/mol. The summed E-state index contributed by atoms with van der Waals surface area (Å²) in [5, 5.41) is 12.8. The second kappa shape index (κ2) is 3.75. The van der Waals surface area contributed by atoms with Gasteiger partial charge in [-0.15, -0.1) is 0 Å². The minimum absolute atomic E-state index is 0.0156. The number of halogens is 2. The van der Waals surface area contributed by atoms with Crippen LogP contribution in [0.25, 0.3) is 0 Å². The van der Waals surface area contributed by atoms with Crippen LogP contribution < -0.4 is 5.32 Å². The molecule has 2 rings (SSSR count). The van der Waals surface area contributed by atoms with Crippen LogP contribution in [0, 0.1) is 5.82 Å². The molecule has 0 spiro atoms. The average Bonchev–Trinajstić information content (AvgIpc) is 2.65. The Morgan fingerprint density at radius 1 is 1.50 bits per heavy atom. The van der Waals surface area contributed by atoms with E-state index in [0.29, 0.717) is 5.56 Å². The van der Waals surface area contributed by atoms with Crippen LogP contribution in [0.1, 0.15) is 24.4 Å². The zero-order valence-corrected chi connectivity index (χ0v) is 8.31. The Kier molecular flexibility index (Phi) is 2.61. The fraction of sp³-hybridized carbons (Fsp3) is 0.400. The molecule has 1 heterocycles. The van der Waals surface area contributed by atoms with E-state index in [-0.39, 0.29) is 16.8 Å². The minimum atomic E-state index is -0.479. The van der Waals surface area contributed by atoms with Crippen LogP contribution in [0.15, 0.2) is 12.1 Å². The molecule has 1 saturated heterocycles. The van der Waals surface area contributed by atoms with Crippen LogP contribution in [0.3, 0.4) is 0 Å². The van der Waals surface area contributed by atoms with Crippen LogP contribution in [0.5, 0.6) is 5.75 Å². The smallest absolute Gasteiger partial charge is 0.142 e. The van der Waals surface area contributed by atoms with Crippen molar-refractivity contribution in [1.82, 2.24) is 5.32 Å². The first-order valence-corrected chi connectivity index (χ1v) is 4.98. The number of benzene rings is 1. The molecule has 0 unspecified atom stereocenters. The van der Waals surface area contributed by atoms with Gasteiger partial charge in [0.05, 0.1) is 5.02 Å². The van der Waals surface area contributed by atoms with Crippen LogP contribution >= 0.6 is 11.6 Å². The highest BCUT2D eigenvalue weighted by atomic mass is 35.5. The van der Waals surface area contributed by atoms with Gasteiger partial charge >= 0.3 is 0 Å². The molecule has 2 nitrogen and oxygen atoms in total. The maximum atomic E-state index is 13.1. The van der Waals surface area contributed by atoms with Crippen LogP contribution in [0.4, 0.5) is 4.39 Å². The lowest BCUT2D eigenvalue weighted by molar-refractivity contribution is 0.454. The molecule has 1 aliphatic rings. The van der Waals surface area contributed by atoms with Gasteiger partial charge in [0.25, 0.3) is 0 Å². The van der Waals surface area contributed by atoms with E-state index < -0.39 is 5.82 Å². The third-order valence-electron chi connectivity index (χ3n) is 2.52. The second-order valence-corrected chi connectivity index (χ2v) is 3.82. The van der Waals surface area contributed by atoms with Crippen molar-refractivity contribution in [2.45, 2.75) is 18.9 Å². The van der Waals surface area contributed by atoms with Crippen molar-refractivity contribution in [2.75, 3.05) is 6.54 Å². The molecule has 1 aromatic rings. The van der Waals surface area contributed by atoms with Crippen LogP contribution in [0.2, 0.25) is 5.02 Å². The molecule has 0 aromatic heterocycles. The summed E-state index contributed by atoms with van der Waals surface area (Å²) in [6.07, 6.45) is 1.91. The fourth-order valence-electron chi connectivity index (χ4n) is 1.82. The predicted molar refractivity (Wildman–Crippen MR) is 53.1 cm³/mol. The van der Waals surface area contributed by atoms with Gasteiger partial charge < -0.3 is 10.4 Å². The molecule has 1 aromatic carbocycles. The van der Waals surface area contributed by atoms with Crippen LogP contribution in [-0.4, -0.2) is 11.7 Å². The summed E-state index contributed by atoms with van der Waals surface area (Å²) < 4.78 is 13.1. The van der Waals surface area contributed by atoms with Gasteiger partial charge in [-0.3, -0.25) is 0 Å². The lowest BCUT2D eigenvalue weighted by Gasteiger charge is -2.14. The normalized spacial score (nSPS) is 21.4. The number of rotatable bonds is 1. The largest absolute Gasteiger partial charge is 0.508 e. The van der Waals surface area contributed by atoms with Crippen molar-refractivity contribution in [2.24, 2.45) is 0 Å². The van der Waals surface area contributed by atoms with Gasteiger partial charge in [-0.05, 0) is 31.5 Å². The van der Waals surface area contributed by atoms with Crippen molar-refractivity contribution >= 4 is 11.6 Å². The highest BCUT2D eigenvalue weighted by Crippen LogP contribution is 2.36. The minimum Gasteiger partial charge on any atom is -0.508 e. The molecule has 0 amide bonds. The number of aromatic hydroxyl groups is 1. The van der Waals surface area contributed by atoms with E-state index in [1.807, 2.05) is 0 Å². The van der Waals surface area contributed by atoms with Gasteiger partial charge in [0.2, 0.25) is 0 Å². The van der Waals surface area contributed by atoms with E-state index in [1.165, 1.54) is 12.1 Å². The molecule has 14 heavy (non-hydrogen) atoms. The molecule has 0 radical (unpaired) electrons. The van der Waals surface area contributed by atoms with Crippen LogP contribution in [-0.2, 0) is 0 Å². The molecule has 1 fully saturated rings. The highest BCUT2D eigenvalue weighted by molar-refractivity contribution is 6.31. The van der Waals surface area contributed by atoms with E-state index in [4.69, 9.17) is 11.6 Å². The van der Waals surface area contributed by atoms with Crippen molar-refractivity contribution in [3.8, 4) is 5.75 Å². The number of hydrogen-bond acceptors (Lipinski definition) is 2. The summed E-state index contributed by atoms with van der Waals surface area (Å²) in [7, 11) is 0. The summed E-state index contributed by atoms with van der Waals surface area (Å²) in [4.78, 5) is 0. The average molecular weight is 216 g/mol. The third kappa shape index (κ3) is 1.57. The number of phenols is 1. The Balaban J connectivity index is 2.44. The molecule has 0 saturated carbocycles. The lowest BCUT2D eigenvalue weighted by Crippen LogP contribution is -2.13. The third-order valence-corrected chi connectivity index (χ3v) is 2.90. The van der Waals surface area contributed by atoms with Gasteiger partial charge in [0, 0.05) is 11.6 Å². The lowest BCUT2D eigenvalue weighted by atomic mass is 10.0. The first-order valence-electron chi connectivity index (χ1n) is 4.60. The number of hydrogen-bond donors (Lipinski definition) is 2. The van der Waals surface area contributed by atoms with Gasteiger partial charge in [0.15, 0.2) is 0 Å². The Hall–Kier alpha value is -0.800. The van der Waals surface area contributed by atoms with E-state index in [1.54, 1.807) is 0 Å². The highest BCUT2D eigenvalue weighted by Gasteiger charge is 2.23. The van der Waals surface area contributed by atoms with Crippen molar-refractivity contribution in [3.05, 3.63) is 28.5 Å². The Bertz CT molecular complexity index is 350. The van der Waals surface area contributed by atoms with Gasteiger partial charge in [0.1, 0.15) is 11.6 Å². The quantitative estimate of drug-likeness (QED) is 0.755. The van der Waals surface area contributed by atoms with Crippen molar-refractivity contribution < 1.29 is 9.50 Å². The summed E-state index contributed by atoms with van der Waals surface area (Å²) in [6.45, 7) is 0.886. The van der Waals surface area contributed by atoms with Crippen molar-refractivity contribution in [3.63, 3.8) is 0 Å². The first-order chi connectivity index (χ1) is 6.70. The molecule has 4 heteroatoms.